The van der Waals surface area contributed by atoms with Gasteiger partial charge in [0.1, 0.15) is 0 Å². The van der Waals surface area contributed by atoms with Gasteiger partial charge in [-0.3, -0.25) is 9.55 Å². The highest BCUT2D eigenvalue weighted by atomic mass is 16.5. The zero-order valence-corrected chi connectivity index (χ0v) is 17.3. The lowest BCUT2D eigenvalue weighted by atomic mass is 10.0. The number of fused-ring (bicyclic) bond motifs is 3. The molecule has 0 radical (unpaired) electrons. The van der Waals surface area contributed by atoms with E-state index in [9.17, 15) is 4.79 Å². The van der Waals surface area contributed by atoms with Gasteiger partial charge in [0.25, 0.3) is 0 Å². The molecule has 3 aromatic heterocycles. The fourth-order valence-electron chi connectivity index (χ4n) is 3.84. The van der Waals surface area contributed by atoms with Crippen molar-refractivity contribution >= 4 is 21.9 Å². The van der Waals surface area contributed by atoms with Crippen molar-refractivity contribution < 1.29 is 4.74 Å². The third kappa shape index (κ3) is 3.57. The molecular formula is C23H25N5O2. The Hall–Kier alpha value is -3.19. The summed E-state index contributed by atoms with van der Waals surface area (Å²) < 4.78 is 7.57. The van der Waals surface area contributed by atoms with Gasteiger partial charge in [0.15, 0.2) is 0 Å². The molecule has 1 saturated carbocycles. The summed E-state index contributed by atoms with van der Waals surface area (Å²) in [6, 6.07) is 10.3. The molecule has 0 spiro atoms. The van der Waals surface area contributed by atoms with Gasteiger partial charge in [0.05, 0.1) is 29.4 Å². The normalized spacial score (nSPS) is 14.1. The minimum absolute atomic E-state index is 0.0513. The third-order valence-corrected chi connectivity index (χ3v) is 5.54. The summed E-state index contributed by atoms with van der Waals surface area (Å²) in [4.78, 5) is 26.7. The van der Waals surface area contributed by atoms with Gasteiger partial charge in [-0.25, -0.2) is 9.78 Å². The molecule has 1 aliphatic rings. The number of rotatable bonds is 7. The molecule has 1 aliphatic carbocycles. The zero-order chi connectivity index (χ0) is 20.7. The van der Waals surface area contributed by atoms with E-state index < -0.39 is 0 Å². The maximum absolute atomic E-state index is 12.5. The second-order valence-corrected chi connectivity index (χ2v) is 8.17. The van der Waals surface area contributed by atoms with E-state index in [-0.39, 0.29) is 5.69 Å². The molecule has 0 aliphatic heterocycles. The summed E-state index contributed by atoms with van der Waals surface area (Å²) in [5.74, 6) is 0.633. The van der Waals surface area contributed by atoms with Crippen molar-refractivity contribution in [3.63, 3.8) is 0 Å². The fraction of sp³-hybridized carbons (Fsp3) is 0.348. The first-order valence-electron chi connectivity index (χ1n) is 10.4. The van der Waals surface area contributed by atoms with Crippen LogP contribution in [-0.2, 0) is 0 Å². The summed E-state index contributed by atoms with van der Waals surface area (Å²) in [5.41, 5.74) is 4.58. The Labute approximate surface area is 174 Å². The summed E-state index contributed by atoms with van der Waals surface area (Å²) in [6.07, 6.45) is 6.70. The lowest BCUT2D eigenvalue weighted by Gasteiger charge is -2.10. The topological polar surface area (TPSA) is 76.0 Å². The summed E-state index contributed by atoms with van der Waals surface area (Å²) in [6.45, 7) is 1.64. The SMILES string of the molecule is CN(C)CCCOc1ccc(-c2ccc3ncc4c([nH]c(=O)n4C4CC4)c3c2)cn1. The van der Waals surface area contributed by atoms with Crippen LogP contribution in [0, 0.1) is 0 Å². The predicted octanol–water partition coefficient (Wildman–Crippen LogP) is 3.61. The quantitative estimate of drug-likeness (QED) is 0.477. The average molecular weight is 403 g/mol. The molecule has 4 aromatic rings. The van der Waals surface area contributed by atoms with Crippen molar-refractivity contribution in [2.45, 2.75) is 25.3 Å². The van der Waals surface area contributed by atoms with Crippen molar-refractivity contribution in [1.29, 1.82) is 0 Å². The summed E-state index contributed by atoms with van der Waals surface area (Å²) in [7, 11) is 4.10. The van der Waals surface area contributed by atoms with Gasteiger partial charge in [-0.05, 0) is 57.1 Å². The van der Waals surface area contributed by atoms with E-state index in [1.54, 1.807) is 6.20 Å². The van der Waals surface area contributed by atoms with Crippen LogP contribution in [-0.4, -0.2) is 51.7 Å². The van der Waals surface area contributed by atoms with E-state index in [0.717, 1.165) is 58.9 Å². The van der Waals surface area contributed by atoms with E-state index in [1.165, 1.54) is 0 Å². The molecule has 1 N–H and O–H groups in total. The second kappa shape index (κ2) is 7.57. The smallest absolute Gasteiger partial charge is 0.326 e. The van der Waals surface area contributed by atoms with Gasteiger partial charge < -0.3 is 14.6 Å². The monoisotopic (exact) mass is 403 g/mol. The maximum Gasteiger partial charge on any atom is 0.326 e. The number of benzene rings is 1. The molecule has 5 rings (SSSR count). The van der Waals surface area contributed by atoms with Crippen LogP contribution in [0.25, 0.3) is 33.1 Å². The number of H-pyrrole nitrogens is 1. The lowest BCUT2D eigenvalue weighted by Crippen LogP contribution is -2.15. The standard InChI is InChI=1S/C23H25N5O2/c1-27(2)10-3-11-30-21-9-5-16(13-25-21)15-4-8-19-18(12-15)22-20(14-24-19)28(17-6-7-17)23(29)26-22/h4-5,8-9,12-14,17H,3,6-7,10-11H2,1-2H3,(H,26,29). The molecule has 0 bridgehead atoms. The van der Waals surface area contributed by atoms with Gasteiger partial charge in [0, 0.05) is 35.8 Å². The highest BCUT2D eigenvalue weighted by molar-refractivity contribution is 6.03. The Morgan fingerprint density at radius 2 is 1.97 bits per heavy atom. The molecule has 3 heterocycles. The Morgan fingerprint density at radius 1 is 1.13 bits per heavy atom. The van der Waals surface area contributed by atoms with Crippen LogP contribution in [0.1, 0.15) is 25.3 Å². The van der Waals surface area contributed by atoms with Crippen LogP contribution in [0.3, 0.4) is 0 Å². The first-order valence-corrected chi connectivity index (χ1v) is 10.4. The van der Waals surface area contributed by atoms with Crippen molar-refractivity contribution in [1.82, 2.24) is 24.4 Å². The molecule has 1 aromatic carbocycles. The lowest BCUT2D eigenvalue weighted by molar-refractivity contribution is 0.273. The van der Waals surface area contributed by atoms with E-state index >= 15 is 0 Å². The van der Waals surface area contributed by atoms with Gasteiger partial charge in [-0.1, -0.05) is 6.07 Å². The Kier molecular flexibility index (Phi) is 4.75. The van der Waals surface area contributed by atoms with Crippen molar-refractivity contribution in [3.8, 4) is 17.0 Å². The number of pyridine rings is 2. The number of nitrogens with one attached hydrogen (secondary N) is 1. The molecule has 30 heavy (non-hydrogen) atoms. The zero-order valence-electron chi connectivity index (χ0n) is 17.3. The van der Waals surface area contributed by atoms with E-state index in [4.69, 9.17) is 4.74 Å². The largest absolute Gasteiger partial charge is 0.478 e. The van der Waals surface area contributed by atoms with Crippen LogP contribution in [0.2, 0.25) is 0 Å². The average Bonchev–Trinajstić information content (AvgIpc) is 3.52. The highest BCUT2D eigenvalue weighted by Crippen LogP contribution is 2.37. The van der Waals surface area contributed by atoms with E-state index in [0.29, 0.717) is 18.5 Å². The first-order chi connectivity index (χ1) is 14.6. The maximum atomic E-state index is 12.5. The summed E-state index contributed by atoms with van der Waals surface area (Å²) in [5, 5.41) is 0.950. The predicted molar refractivity (Wildman–Crippen MR) is 118 cm³/mol. The van der Waals surface area contributed by atoms with Crippen molar-refractivity contribution in [2.75, 3.05) is 27.2 Å². The number of ether oxygens (including phenoxy) is 1. The van der Waals surface area contributed by atoms with Gasteiger partial charge in [-0.15, -0.1) is 0 Å². The second-order valence-electron chi connectivity index (χ2n) is 8.17. The number of aromatic nitrogens is 4. The Morgan fingerprint density at radius 3 is 2.70 bits per heavy atom. The van der Waals surface area contributed by atoms with Crippen LogP contribution >= 0.6 is 0 Å². The number of hydrogen-bond donors (Lipinski definition) is 1. The Bertz CT molecular complexity index is 1250. The van der Waals surface area contributed by atoms with Gasteiger partial charge in [-0.2, -0.15) is 0 Å². The number of nitrogens with zero attached hydrogens (tertiary/aromatic N) is 4. The fourth-order valence-corrected chi connectivity index (χ4v) is 3.84. The molecule has 7 heteroatoms. The molecule has 0 atom stereocenters. The number of hydrogen-bond acceptors (Lipinski definition) is 5. The molecule has 0 saturated heterocycles. The minimum Gasteiger partial charge on any atom is -0.478 e. The number of imidazole rings is 1. The summed E-state index contributed by atoms with van der Waals surface area (Å²) >= 11 is 0. The molecular weight excluding hydrogens is 378 g/mol. The molecule has 7 nitrogen and oxygen atoms in total. The highest BCUT2D eigenvalue weighted by Gasteiger charge is 2.27. The molecule has 154 valence electrons. The van der Waals surface area contributed by atoms with Crippen LogP contribution in [0.15, 0.2) is 47.5 Å². The van der Waals surface area contributed by atoms with E-state index in [1.807, 2.05) is 35.0 Å². The van der Waals surface area contributed by atoms with Crippen LogP contribution in [0.4, 0.5) is 0 Å². The third-order valence-electron chi connectivity index (χ3n) is 5.54. The van der Waals surface area contributed by atoms with Crippen LogP contribution in [0.5, 0.6) is 5.88 Å². The van der Waals surface area contributed by atoms with Crippen molar-refractivity contribution in [2.24, 2.45) is 0 Å². The number of aromatic amines is 1. The first kappa shape index (κ1) is 18.8. The molecule has 0 amide bonds. The van der Waals surface area contributed by atoms with Gasteiger partial charge in [0.2, 0.25) is 5.88 Å². The molecule has 0 unspecified atom stereocenters. The molecule has 1 fully saturated rings. The van der Waals surface area contributed by atoms with Gasteiger partial charge >= 0.3 is 5.69 Å². The van der Waals surface area contributed by atoms with E-state index in [2.05, 4.69) is 40.0 Å². The van der Waals surface area contributed by atoms with Crippen molar-refractivity contribution in [3.05, 3.63) is 53.2 Å². The Balaban J connectivity index is 1.44. The minimum atomic E-state index is -0.0513. The van der Waals surface area contributed by atoms with Crippen LogP contribution < -0.4 is 10.4 Å².